The molecule has 2 heterocycles. The van der Waals surface area contributed by atoms with E-state index in [2.05, 4.69) is 10.3 Å². The molecule has 0 saturated carbocycles. The highest BCUT2D eigenvalue weighted by Crippen LogP contribution is 2.35. The standard InChI is InChI=1S/C6H9N3O2/c1-5(10)6(4-11-6)9-3-2-7-8-9/h2-3,5,10H,4H2,1H3. The Morgan fingerprint density at radius 3 is 2.91 bits per heavy atom. The lowest BCUT2D eigenvalue weighted by Crippen LogP contribution is -2.31. The Hall–Kier alpha value is -0.940. The van der Waals surface area contributed by atoms with Crippen LogP contribution in [-0.4, -0.2) is 32.8 Å². The Morgan fingerprint density at radius 1 is 1.82 bits per heavy atom. The minimum atomic E-state index is -0.628. The molecule has 1 aromatic rings. The fourth-order valence-corrected chi connectivity index (χ4v) is 1.05. The first-order chi connectivity index (χ1) is 5.26. The zero-order valence-corrected chi connectivity index (χ0v) is 6.14. The number of aromatic nitrogens is 3. The maximum Gasteiger partial charge on any atom is 0.211 e. The van der Waals surface area contributed by atoms with E-state index in [-0.39, 0.29) is 0 Å². The Bertz CT molecular complexity index is 240. The summed E-state index contributed by atoms with van der Waals surface area (Å²) in [6, 6.07) is 0. The van der Waals surface area contributed by atoms with Gasteiger partial charge in [-0.15, -0.1) is 5.10 Å². The van der Waals surface area contributed by atoms with Crippen molar-refractivity contribution < 1.29 is 9.84 Å². The molecule has 0 amide bonds. The zero-order chi connectivity index (χ0) is 7.90. The van der Waals surface area contributed by atoms with Crippen LogP contribution in [0.25, 0.3) is 0 Å². The average Bonchev–Trinajstić information content (AvgIpc) is 2.61. The predicted molar refractivity (Wildman–Crippen MR) is 35.6 cm³/mol. The Labute approximate surface area is 63.6 Å². The van der Waals surface area contributed by atoms with Gasteiger partial charge < -0.3 is 9.84 Å². The van der Waals surface area contributed by atoms with Crippen molar-refractivity contribution in [2.45, 2.75) is 18.8 Å². The second-order valence-corrected chi connectivity index (χ2v) is 2.66. The van der Waals surface area contributed by atoms with Crippen molar-refractivity contribution in [2.24, 2.45) is 0 Å². The molecule has 1 saturated heterocycles. The second kappa shape index (κ2) is 2.02. The first-order valence-corrected chi connectivity index (χ1v) is 3.44. The molecule has 1 fully saturated rings. The number of nitrogens with zero attached hydrogens (tertiary/aromatic N) is 3. The van der Waals surface area contributed by atoms with Crippen molar-refractivity contribution in [3.05, 3.63) is 12.4 Å². The van der Waals surface area contributed by atoms with Gasteiger partial charge in [-0.3, -0.25) is 0 Å². The van der Waals surface area contributed by atoms with Gasteiger partial charge >= 0.3 is 0 Å². The third-order valence-corrected chi connectivity index (χ3v) is 1.90. The van der Waals surface area contributed by atoms with E-state index in [1.807, 2.05) is 0 Å². The summed E-state index contributed by atoms with van der Waals surface area (Å²) in [5.74, 6) is 0. The summed E-state index contributed by atoms with van der Waals surface area (Å²) in [6.45, 7) is 2.18. The van der Waals surface area contributed by atoms with Gasteiger partial charge in [0.05, 0.1) is 6.20 Å². The van der Waals surface area contributed by atoms with E-state index in [1.54, 1.807) is 19.3 Å². The van der Waals surface area contributed by atoms with E-state index < -0.39 is 11.8 Å². The highest BCUT2D eigenvalue weighted by atomic mass is 16.6. The molecule has 5 heteroatoms. The minimum Gasteiger partial charge on any atom is -0.388 e. The molecule has 11 heavy (non-hydrogen) atoms. The topological polar surface area (TPSA) is 63.5 Å². The zero-order valence-electron chi connectivity index (χ0n) is 6.14. The van der Waals surface area contributed by atoms with E-state index in [9.17, 15) is 5.11 Å². The van der Waals surface area contributed by atoms with Crippen molar-refractivity contribution >= 4 is 0 Å². The molecule has 0 aromatic carbocycles. The number of rotatable bonds is 2. The van der Waals surface area contributed by atoms with Gasteiger partial charge in [0.25, 0.3) is 0 Å². The van der Waals surface area contributed by atoms with E-state index in [1.165, 1.54) is 4.68 Å². The number of aliphatic hydroxyl groups is 1. The van der Waals surface area contributed by atoms with Gasteiger partial charge in [0, 0.05) is 6.20 Å². The normalized spacial score (nSPS) is 31.8. The molecular weight excluding hydrogens is 146 g/mol. The summed E-state index contributed by atoms with van der Waals surface area (Å²) in [7, 11) is 0. The van der Waals surface area contributed by atoms with Crippen LogP contribution < -0.4 is 0 Å². The van der Waals surface area contributed by atoms with Crippen molar-refractivity contribution in [2.75, 3.05) is 6.61 Å². The molecule has 0 spiro atoms. The molecular formula is C6H9N3O2. The van der Waals surface area contributed by atoms with Gasteiger partial charge in [0.2, 0.25) is 5.72 Å². The van der Waals surface area contributed by atoms with Gasteiger partial charge in [-0.2, -0.15) is 0 Å². The number of aliphatic hydroxyl groups excluding tert-OH is 1. The number of hydrogen-bond acceptors (Lipinski definition) is 4. The summed E-state index contributed by atoms with van der Waals surface area (Å²) in [5.41, 5.74) is -0.628. The fourth-order valence-electron chi connectivity index (χ4n) is 1.05. The first kappa shape index (κ1) is 6.75. The summed E-state index contributed by atoms with van der Waals surface area (Å²) < 4.78 is 6.65. The Balaban J connectivity index is 2.29. The number of hydrogen-bond donors (Lipinski definition) is 1. The van der Waals surface area contributed by atoms with E-state index >= 15 is 0 Å². The molecule has 2 unspecified atom stereocenters. The molecule has 0 aliphatic carbocycles. The maximum atomic E-state index is 9.30. The van der Waals surface area contributed by atoms with Crippen LogP contribution in [0.3, 0.4) is 0 Å². The van der Waals surface area contributed by atoms with Crippen LogP contribution in [0.4, 0.5) is 0 Å². The summed E-state index contributed by atoms with van der Waals surface area (Å²) in [5, 5.41) is 16.7. The molecule has 1 aliphatic rings. The third-order valence-electron chi connectivity index (χ3n) is 1.90. The Kier molecular flexibility index (Phi) is 1.24. The lowest BCUT2D eigenvalue weighted by Gasteiger charge is -2.13. The lowest BCUT2D eigenvalue weighted by molar-refractivity contribution is 0.0332. The molecule has 5 nitrogen and oxygen atoms in total. The molecule has 0 bridgehead atoms. The predicted octanol–water partition coefficient (Wildman–Crippen LogP) is -0.658. The highest BCUT2D eigenvalue weighted by Gasteiger charge is 2.52. The van der Waals surface area contributed by atoms with Crippen LogP contribution >= 0.6 is 0 Å². The SMILES string of the molecule is CC(O)C1(n2ccnn2)CO1. The summed E-state index contributed by atoms with van der Waals surface area (Å²) in [6.07, 6.45) is 2.69. The van der Waals surface area contributed by atoms with Crippen LogP contribution in [0, 0.1) is 0 Å². The molecule has 2 rings (SSSR count). The van der Waals surface area contributed by atoms with E-state index in [0.29, 0.717) is 6.61 Å². The van der Waals surface area contributed by atoms with Gasteiger partial charge in [-0.25, -0.2) is 4.68 Å². The molecule has 2 atom stereocenters. The van der Waals surface area contributed by atoms with Crippen molar-refractivity contribution in [3.8, 4) is 0 Å². The monoisotopic (exact) mass is 155 g/mol. The van der Waals surface area contributed by atoms with Crippen LogP contribution in [0.15, 0.2) is 12.4 Å². The Morgan fingerprint density at radius 2 is 2.55 bits per heavy atom. The largest absolute Gasteiger partial charge is 0.388 e. The summed E-state index contributed by atoms with van der Waals surface area (Å²) >= 11 is 0. The first-order valence-electron chi connectivity index (χ1n) is 3.44. The van der Waals surface area contributed by atoms with E-state index in [4.69, 9.17) is 4.74 Å². The number of ether oxygens (including phenoxy) is 1. The average molecular weight is 155 g/mol. The maximum absolute atomic E-state index is 9.30. The number of epoxide rings is 1. The van der Waals surface area contributed by atoms with Gasteiger partial charge in [0.15, 0.2) is 0 Å². The second-order valence-electron chi connectivity index (χ2n) is 2.66. The quantitative estimate of drug-likeness (QED) is 0.576. The highest BCUT2D eigenvalue weighted by molar-refractivity contribution is 4.92. The summed E-state index contributed by atoms with van der Waals surface area (Å²) in [4.78, 5) is 0. The van der Waals surface area contributed by atoms with Crippen molar-refractivity contribution in [3.63, 3.8) is 0 Å². The van der Waals surface area contributed by atoms with Gasteiger partial charge in [0.1, 0.15) is 12.7 Å². The van der Waals surface area contributed by atoms with Gasteiger partial charge in [-0.05, 0) is 6.92 Å². The smallest absolute Gasteiger partial charge is 0.211 e. The van der Waals surface area contributed by atoms with Crippen molar-refractivity contribution in [1.82, 2.24) is 15.0 Å². The molecule has 1 aliphatic heterocycles. The minimum absolute atomic E-state index is 0.508. The molecule has 60 valence electrons. The van der Waals surface area contributed by atoms with E-state index in [0.717, 1.165) is 0 Å². The molecule has 1 aromatic heterocycles. The van der Waals surface area contributed by atoms with Crippen LogP contribution in [0.1, 0.15) is 6.92 Å². The van der Waals surface area contributed by atoms with Crippen LogP contribution in [-0.2, 0) is 10.5 Å². The third kappa shape index (κ3) is 0.849. The van der Waals surface area contributed by atoms with Crippen molar-refractivity contribution in [1.29, 1.82) is 0 Å². The van der Waals surface area contributed by atoms with Gasteiger partial charge in [-0.1, -0.05) is 5.21 Å². The fraction of sp³-hybridized carbons (Fsp3) is 0.667. The molecule has 0 radical (unpaired) electrons. The van der Waals surface area contributed by atoms with Crippen LogP contribution in [0.2, 0.25) is 0 Å². The van der Waals surface area contributed by atoms with Crippen LogP contribution in [0.5, 0.6) is 0 Å². The molecule has 1 N–H and O–H groups in total. The lowest BCUT2D eigenvalue weighted by atomic mass is 10.2.